The van der Waals surface area contributed by atoms with Crippen LogP contribution in [0.5, 0.6) is 0 Å². The number of rotatable bonds is 3. The molecule has 3 aromatic rings. The molecule has 0 bridgehead atoms. The van der Waals surface area contributed by atoms with E-state index < -0.39 is 0 Å². The predicted molar refractivity (Wildman–Crippen MR) is 86.3 cm³/mol. The maximum atomic E-state index is 12.6. The third-order valence-corrected chi connectivity index (χ3v) is 3.98. The predicted octanol–water partition coefficient (Wildman–Crippen LogP) is 3.83. The summed E-state index contributed by atoms with van der Waals surface area (Å²) < 4.78 is 7.52. The van der Waals surface area contributed by atoms with Crippen LogP contribution in [0.3, 0.4) is 0 Å². The third kappa shape index (κ3) is 2.19. The van der Waals surface area contributed by atoms with Crippen LogP contribution in [0.15, 0.2) is 28.7 Å². The van der Waals surface area contributed by atoms with Gasteiger partial charge in [0.05, 0.1) is 16.6 Å². The van der Waals surface area contributed by atoms with Gasteiger partial charge < -0.3 is 8.98 Å². The molecule has 0 aliphatic rings. The van der Waals surface area contributed by atoms with Gasteiger partial charge >= 0.3 is 0 Å². The lowest BCUT2D eigenvalue weighted by Gasteiger charge is -2.07. The van der Waals surface area contributed by atoms with Crippen molar-refractivity contribution in [2.75, 3.05) is 5.32 Å². The van der Waals surface area contributed by atoms with Crippen LogP contribution in [-0.4, -0.2) is 15.5 Å². The number of nitrogens with zero attached hydrogens (tertiary/aromatic N) is 2. The molecule has 114 valence electrons. The molecule has 1 amide bonds. The molecule has 1 aromatic carbocycles. The van der Waals surface area contributed by atoms with Crippen molar-refractivity contribution in [3.8, 4) is 0 Å². The number of carbonyl (C=O) groups excluding carboxylic acids is 1. The van der Waals surface area contributed by atoms with Crippen LogP contribution < -0.4 is 5.32 Å². The Balaban J connectivity index is 2.01. The highest BCUT2D eigenvalue weighted by atomic mass is 16.3. The van der Waals surface area contributed by atoms with E-state index in [1.165, 1.54) is 0 Å². The van der Waals surface area contributed by atoms with Crippen LogP contribution in [0.1, 0.15) is 34.4 Å². The van der Waals surface area contributed by atoms with Crippen molar-refractivity contribution in [1.29, 1.82) is 0 Å². The number of carbonyl (C=O) groups is 1. The summed E-state index contributed by atoms with van der Waals surface area (Å²) in [4.78, 5) is 17.1. The number of benzene rings is 1. The van der Waals surface area contributed by atoms with E-state index >= 15 is 0 Å². The minimum absolute atomic E-state index is 0.183. The van der Waals surface area contributed by atoms with Gasteiger partial charge in [0.25, 0.3) is 5.91 Å². The molecule has 0 spiro atoms. The highest BCUT2D eigenvalue weighted by molar-refractivity contribution is 6.06. The zero-order valence-corrected chi connectivity index (χ0v) is 13.2. The molecule has 2 heterocycles. The van der Waals surface area contributed by atoms with Crippen LogP contribution >= 0.6 is 0 Å². The lowest BCUT2D eigenvalue weighted by atomic mass is 10.1. The summed E-state index contributed by atoms with van der Waals surface area (Å²) in [6, 6.07) is 7.85. The Morgan fingerprint density at radius 3 is 2.59 bits per heavy atom. The van der Waals surface area contributed by atoms with Crippen LogP contribution in [0.25, 0.3) is 11.0 Å². The first-order chi connectivity index (χ1) is 10.5. The zero-order valence-electron chi connectivity index (χ0n) is 13.2. The first-order valence-electron chi connectivity index (χ1n) is 7.36. The van der Waals surface area contributed by atoms with E-state index in [1.807, 2.05) is 49.6 Å². The van der Waals surface area contributed by atoms with E-state index in [2.05, 4.69) is 10.3 Å². The molecule has 22 heavy (non-hydrogen) atoms. The number of fused-ring (bicyclic) bond motifs is 1. The van der Waals surface area contributed by atoms with Crippen LogP contribution in [0, 0.1) is 20.8 Å². The van der Waals surface area contributed by atoms with Gasteiger partial charge in [0.1, 0.15) is 11.5 Å². The average molecular weight is 297 g/mol. The lowest BCUT2D eigenvalue weighted by Crippen LogP contribution is -2.17. The molecule has 0 unspecified atom stereocenters. The number of hydrogen-bond acceptors (Lipinski definition) is 3. The van der Waals surface area contributed by atoms with Crippen molar-refractivity contribution in [3.63, 3.8) is 0 Å². The number of imidazole rings is 1. The fraction of sp³-hybridized carbons (Fsp3) is 0.294. The van der Waals surface area contributed by atoms with Crippen molar-refractivity contribution in [2.45, 2.75) is 34.2 Å². The van der Waals surface area contributed by atoms with Crippen molar-refractivity contribution in [3.05, 3.63) is 46.9 Å². The normalized spacial score (nSPS) is 11.1. The molecular weight excluding hydrogens is 278 g/mol. The summed E-state index contributed by atoms with van der Waals surface area (Å²) >= 11 is 0. The van der Waals surface area contributed by atoms with E-state index in [4.69, 9.17) is 4.42 Å². The molecule has 0 fully saturated rings. The van der Waals surface area contributed by atoms with Gasteiger partial charge in [-0.3, -0.25) is 10.1 Å². The number of aryl methyl sites for hydroxylation is 3. The van der Waals surface area contributed by atoms with Gasteiger partial charge in [-0.05, 0) is 39.8 Å². The van der Waals surface area contributed by atoms with Crippen LogP contribution in [0.2, 0.25) is 0 Å². The lowest BCUT2D eigenvalue weighted by molar-refractivity contribution is 0.102. The Morgan fingerprint density at radius 1 is 1.23 bits per heavy atom. The second kappa shape index (κ2) is 5.33. The van der Waals surface area contributed by atoms with Gasteiger partial charge in [-0.15, -0.1) is 0 Å². The fourth-order valence-electron chi connectivity index (χ4n) is 2.78. The fourth-order valence-corrected chi connectivity index (χ4v) is 2.78. The summed E-state index contributed by atoms with van der Waals surface area (Å²) in [6.45, 7) is 8.32. The number of anilines is 1. The van der Waals surface area contributed by atoms with E-state index in [9.17, 15) is 4.79 Å². The molecule has 2 aromatic heterocycles. The summed E-state index contributed by atoms with van der Waals surface area (Å²) in [6.07, 6.45) is 0. The Bertz CT molecular complexity index is 858. The van der Waals surface area contributed by atoms with Crippen molar-refractivity contribution >= 4 is 22.9 Å². The monoisotopic (exact) mass is 297 g/mol. The summed E-state index contributed by atoms with van der Waals surface area (Å²) in [5.74, 6) is 1.78. The van der Waals surface area contributed by atoms with Crippen molar-refractivity contribution in [2.24, 2.45) is 0 Å². The number of furan rings is 1. The Hall–Kier alpha value is -2.56. The smallest absolute Gasteiger partial charge is 0.261 e. The quantitative estimate of drug-likeness (QED) is 0.799. The maximum Gasteiger partial charge on any atom is 0.261 e. The van der Waals surface area contributed by atoms with Crippen molar-refractivity contribution in [1.82, 2.24) is 9.55 Å². The van der Waals surface area contributed by atoms with Gasteiger partial charge in [-0.25, -0.2) is 4.98 Å². The zero-order chi connectivity index (χ0) is 15.9. The van der Waals surface area contributed by atoms with Gasteiger partial charge in [-0.1, -0.05) is 12.1 Å². The Labute approximate surface area is 129 Å². The topological polar surface area (TPSA) is 60.1 Å². The minimum Gasteiger partial charge on any atom is -0.466 e. The van der Waals surface area contributed by atoms with Gasteiger partial charge in [0.2, 0.25) is 5.95 Å². The number of aromatic nitrogens is 2. The number of para-hydroxylation sites is 2. The molecule has 0 saturated heterocycles. The molecular formula is C17H19N3O2. The average Bonchev–Trinajstić information content (AvgIpc) is 2.95. The standard InChI is InChI=1S/C17H19N3O2/c1-5-20-14-9-7-6-8-13(14)18-17(20)19-16(21)15-10(2)11(3)22-12(15)4/h6-9H,5H2,1-4H3,(H,18,19,21). The molecule has 3 rings (SSSR count). The first-order valence-corrected chi connectivity index (χ1v) is 7.36. The Kier molecular flexibility index (Phi) is 3.48. The van der Waals surface area contributed by atoms with Gasteiger partial charge in [-0.2, -0.15) is 0 Å². The van der Waals surface area contributed by atoms with Crippen LogP contribution in [-0.2, 0) is 6.54 Å². The second-order valence-electron chi connectivity index (χ2n) is 5.34. The number of amides is 1. The van der Waals surface area contributed by atoms with Gasteiger partial charge in [0.15, 0.2) is 0 Å². The molecule has 0 saturated carbocycles. The van der Waals surface area contributed by atoms with E-state index in [-0.39, 0.29) is 5.91 Å². The van der Waals surface area contributed by atoms with E-state index in [0.29, 0.717) is 17.3 Å². The third-order valence-electron chi connectivity index (χ3n) is 3.98. The summed E-state index contributed by atoms with van der Waals surface area (Å²) in [7, 11) is 0. The molecule has 1 N–H and O–H groups in total. The number of nitrogens with one attached hydrogen (secondary N) is 1. The van der Waals surface area contributed by atoms with Gasteiger partial charge in [0, 0.05) is 12.1 Å². The molecule has 0 radical (unpaired) electrons. The first kappa shape index (κ1) is 14.4. The molecule has 5 nitrogen and oxygen atoms in total. The molecule has 0 atom stereocenters. The van der Waals surface area contributed by atoms with Crippen molar-refractivity contribution < 1.29 is 9.21 Å². The minimum atomic E-state index is -0.183. The van der Waals surface area contributed by atoms with E-state index in [0.717, 1.165) is 28.9 Å². The number of hydrogen-bond donors (Lipinski definition) is 1. The highest BCUT2D eigenvalue weighted by Crippen LogP contribution is 2.24. The molecule has 0 aliphatic carbocycles. The summed E-state index contributed by atoms with van der Waals surface area (Å²) in [5.41, 5.74) is 3.34. The molecule has 5 heteroatoms. The maximum absolute atomic E-state index is 12.6. The largest absolute Gasteiger partial charge is 0.466 e. The summed E-state index contributed by atoms with van der Waals surface area (Å²) in [5, 5.41) is 2.92. The Morgan fingerprint density at radius 2 is 1.95 bits per heavy atom. The SMILES string of the molecule is CCn1c(NC(=O)c2c(C)oc(C)c2C)nc2ccccc21. The highest BCUT2D eigenvalue weighted by Gasteiger charge is 2.20. The second-order valence-corrected chi connectivity index (χ2v) is 5.34. The van der Waals surface area contributed by atoms with Crippen LogP contribution in [0.4, 0.5) is 5.95 Å². The molecule has 0 aliphatic heterocycles. The van der Waals surface area contributed by atoms with E-state index in [1.54, 1.807) is 6.92 Å².